The molecular formula is C8H17N3O5S2. The van der Waals surface area contributed by atoms with Gasteiger partial charge in [-0.3, -0.25) is 0 Å². The van der Waals surface area contributed by atoms with Crippen molar-refractivity contribution in [2.24, 2.45) is 5.14 Å². The number of carboxylic acid groups (broad SMARTS) is 1. The number of carboxylic acids is 1. The van der Waals surface area contributed by atoms with Gasteiger partial charge in [-0.25, -0.2) is 23.1 Å². The highest BCUT2D eigenvalue weighted by atomic mass is 32.2. The van der Waals surface area contributed by atoms with E-state index in [1.807, 2.05) is 6.26 Å². The second-order valence-corrected chi connectivity index (χ2v) is 6.16. The van der Waals surface area contributed by atoms with E-state index in [1.165, 1.54) is 11.8 Å². The third-order valence-electron chi connectivity index (χ3n) is 1.89. The molecule has 18 heavy (non-hydrogen) atoms. The van der Waals surface area contributed by atoms with Gasteiger partial charge in [0.05, 0.1) is 5.75 Å². The molecule has 0 radical (unpaired) electrons. The molecule has 5 N–H and O–H groups in total. The molecule has 0 aromatic carbocycles. The fraction of sp³-hybridized carbons (Fsp3) is 0.750. The summed E-state index contributed by atoms with van der Waals surface area (Å²) in [4.78, 5) is 22.1. The zero-order valence-corrected chi connectivity index (χ0v) is 11.5. The summed E-state index contributed by atoms with van der Waals surface area (Å²) in [5.41, 5.74) is 0. The van der Waals surface area contributed by atoms with E-state index >= 15 is 0 Å². The summed E-state index contributed by atoms with van der Waals surface area (Å²) in [5.74, 6) is -0.942. The van der Waals surface area contributed by atoms with Crippen LogP contribution in [0.2, 0.25) is 0 Å². The summed E-state index contributed by atoms with van der Waals surface area (Å²) in [6.45, 7) is -0.167. The first-order valence-electron chi connectivity index (χ1n) is 5.03. The second kappa shape index (κ2) is 8.16. The molecule has 0 aromatic rings. The van der Waals surface area contributed by atoms with Crippen molar-refractivity contribution in [3.63, 3.8) is 0 Å². The molecular weight excluding hydrogens is 282 g/mol. The number of rotatable bonds is 8. The quantitative estimate of drug-likeness (QED) is 0.443. The standard InChI is InChI=1S/C8H17N3O5S2/c1-17-4-2-6(7(12)13)11-8(14)10-3-5-18(9,15)16/h6H,2-5H2,1H3,(H,12,13)(H2,9,15,16)(H2,10,11,14). The number of primary sulfonamides is 1. The number of nitrogens with one attached hydrogen (secondary N) is 2. The SMILES string of the molecule is CSCCC(NC(=O)NCCS(N)(=O)=O)C(=O)O. The fourth-order valence-corrected chi connectivity index (χ4v) is 1.87. The van der Waals surface area contributed by atoms with Crippen molar-refractivity contribution in [1.29, 1.82) is 0 Å². The summed E-state index contributed by atoms with van der Waals surface area (Å²) in [7, 11) is -3.64. The van der Waals surface area contributed by atoms with E-state index in [-0.39, 0.29) is 6.54 Å². The van der Waals surface area contributed by atoms with Crippen LogP contribution in [0.25, 0.3) is 0 Å². The highest BCUT2D eigenvalue weighted by Gasteiger charge is 2.19. The maximum Gasteiger partial charge on any atom is 0.326 e. The lowest BCUT2D eigenvalue weighted by molar-refractivity contribution is -0.139. The second-order valence-electron chi connectivity index (χ2n) is 3.44. The van der Waals surface area contributed by atoms with E-state index in [0.29, 0.717) is 12.2 Å². The van der Waals surface area contributed by atoms with Crippen LogP contribution >= 0.6 is 11.8 Å². The Morgan fingerprint density at radius 2 is 2.06 bits per heavy atom. The topological polar surface area (TPSA) is 139 Å². The normalized spacial score (nSPS) is 12.8. The Labute approximate surface area is 110 Å². The van der Waals surface area contributed by atoms with Gasteiger partial charge in [-0.05, 0) is 18.4 Å². The van der Waals surface area contributed by atoms with Gasteiger partial charge in [-0.15, -0.1) is 0 Å². The van der Waals surface area contributed by atoms with Crippen molar-refractivity contribution >= 4 is 33.8 Å². The van der Waals surface area contributed by atoms with Gasteiger partial charge in [0, 0.05) is 6.54 Å². The van der Waals surface area contributed by atoms with Crippen molar-refractivity contribution in [3.05, 3.63) is 0 Å². The predicted octanol–water partition coefficient (Wildman–Crippen LogP) is -1.22. The molecule has 0 heterocycles. The molecule has 106 valence electrons. The first-order valence-corrected chi connectivity index (χ1v) is 8.13. The van der Waals surface area contributed by atoms with Crippen molar-refractivity contribution < 1.29 is 23.1 Å². The van der Waals surface area contributed by atoms with Crippen LogP contribution in [0, 0.1) is 0 Å². The van der Waals surface area contributed by atoms with Gasteiger partial charge < -0.3 is 15.7 Å². The van der Waals surface area contributed by atoms with E-state index in [4.69, 9.17) is 10.2 Å². The lowest BCUT2D eigenvalue weighted by Gasteiger charge is -2.14. The lowest BCUT2D eigenvalue weighted by Crippen LogP contribution is -2.47. The van der Waals surface area contributed by atoms with E-state index in [2.05, 4.69) is 10.6 Å². The van der Waals surface area contributed by atoms with E-state index in [0.717, 1.165) is 0 Å². The molecule has 8 nitrogen and oxygen atoms in total. The maximum absolute atomic E-state index is 11.3. The monoisotopic (exact) mass is 299 g/mol. The van der Waals surface area contributed by atoms with Crippen LogP contribution in [0.1, 0.15) is 6.42 Å². The van der Waals surface area contributed by atoms with Crippen LogP contribution in [0.5, 0.6) is 0 Å². The van der Waals surface area contributed by atoms with Gasteiger partial charge in [0.1, 0.15) is 6.04 Å². The highest BCUT2D eigenvalue weighted by Crippen LogP contribution is 2.00. The Morgan fingerprint density at radius 1 is 1.44 bits per heavy atom. The average molecular weight is 299 g/mol. The summed E-state index contributed by atoms with van der Waals surface area (Å²) >= 11 is 1.46. The Kier molecular flexibility index (Phi) is 7.71. The Morgan fingerprint density at radius 3 is 2.50 bits per heavy atom. The number of urea groups is 1. The number of amides is 2. The molecule has 1 atom stereocenters. The fourth-order valence-electron chi connectivity index (χ4n) is 1.01. The highest BCUT2D eigenvalue weighted by molar-refractivity contribution is 7.98. The van der Waals surface area contributed by atoms with E-state index in [1.54, 1.807) is 0 Å². The van der Waals surface area contributed by atoms with Crippen LogP contribution in [0.3, 0.4) is 0 Å². The van der Waals surface area contributed by atoms with Gasteiger partial charge in [0.15, 0.2) is 0 Å². The Balaban J connectivity index is 4.06. The maximum atomic E-state index is 11.3. The molecule has 0 saturated heterocycles. The molecule has 1 unspecified atom stereocenters. The number of carbonyl (C=O) groups is 2. The minimum absolute atomic E-state index is 0.167. The van der Waals surface area contributed by atoms with Crippen LogP contribution in [-0.2, 0) is 14.8 Å². The average Bonchev–Trinajstić information content (AvgIpc) is 2.21. The summed E-state index contributed by atoms with van der Waals surface area (Å²) in [6, 6.07) is -1.72. The van der Waals surface area contributed by atoms with Gasteiger partial charge in [-0.2, -0.15) is 11.8 Å². The van der Waals surface area contributed by atoms with Crippen molar-refractivity contribution in [2.45, 2.75) is 12.5 Å². The minimum atomic E-state index is -3.64. The molecule has 0 saturated carbocycles. The van der Waals surface area contributed by atoms with Gasteiger partial charge in [0.2, 0.25) is 10.0 Å². The van der Waals surface area contributed by atoms with Crippen molar-refractivity contribution in [2.75, 3.05) is 24.3 Å². The van der Waals surface area contributed by atoms with Crippen LogP contribution < -0.4 is 15.8 Å². The lowest BCUT2D eigenvalue weighted by atomic mass is 10.2. The summed E-state index contributed by atoms with van der Waals surface area (Å²) in [6.07, 6.45) is 2.12. The first-order chi connectivity index (χ1) is 8.26. The third-order valence-corrected chi connectivity index (χ3v) is 3.30. The van der Waals surface area contributed by atoms with Crippen LogP contribution in [0.15, 0.2) is 0 Å². The zero-order chi connectivity index (χ0) is 14.2. The summed E-state index contributed by atoms with van der Waals surface area (Å²) in [5, 5.41) is 18.0. The Bertz CT molecular complexity index is 384. The molecule has 0 aromatic heterocycles. The van der Waals surface area contributed by atoms with Crippen LogP contribution in [-0.4, -0.2) is 55.9 Å². The van der Waals surface area contributed by atoms with Gasteiger partial charge >= 0.3 is 12.0 Å². The van der Waals surface area contributed by atoms with Crippen molar-refractivity contribution in [1.82, 2.24) is 10.6 Å². The number of nitrogens with two attached hydrogens (primary N) is 1. The molecule has 10 heteroatoms. The predicted molar refractivity (Wildman–Crippen MR) is 68.9 cm³/mol. The number of sulfonamides is 1. The smallest absolute Gasteiger partial charge is 0.326 e. The van der Waals surface area contributed by atoms with E-state index < -0.39 is 33.8 Å². The molecule has 0 aliphatic rings. The molecule has 2 amide bonds. The van der Waals surface area contributed by atoms with Gasteiger partial charge in [0.25, 0.3) is 0 Å². The molecule has 0 rings (SSSR count). The number of thioether (sulfide) groups is 1. The first kappa shape index (κ1) is 17.0. The molecule has 0 fully saturated rings. The molecule has 0 aliphatic heterocycles. The molecule has 0 spiro atoms. The largest absolute Gasteiger partial charge is 0.480 e. The Hall–Kier alpha value is -1.00. The molecule has 0 bridgehead atoms. The van der Waals surface area contributed by atoms with Crippen molar-refractivity contribution in [3.8, 4) is 0 Å². The number of hydrogen-bond donors (Lipinski definition) is 4. The molecule has 0 aliphatic carbocycles. The van der Waals surface area contributed by atoms with Gasteiger partial charge in [-0.1, -0.05) is 0 Å². The number of hydrogen-bond acceptors (Lipinski definition) is 5. The third kappa shape index (κ3) is 9.07. The van der Waals surface area contributed by atoms with E-state index in [9.17, 15) is 18.0 Å². The number of aliphatic carboxylic acids is 1. The zero-order valence-electron chi connectivity index (χ0n) is 9.88. The van der Waals surface area contributed by atoms with Crippen LogP contribution in [0.4, 0.5) is 4.79 Å². The number of carbonyl (C=O) groups excluding carboxylic acids is 1. The summed E-state index contributed by atoms with van der Waals surface area (Å²) < 4.78 is 21.2. The minimum Gasteiger partial charge on any atom is -0.480 e.